The second-order valence-electron chi connectivity index (χ2n) is 8.66. The van der Waals surface area contributed by atoms with Gasteiger partial charge in [-0.3, -0.25) is 9.58 Å². The van der Waals surface area contributed by atoms with Gasteiger partial charge in [-0.15, -0.1) is 0 Å². The zero-order valence-electron chi connectivity index (χ0n) is 19.5. The second-order valence-corrected chi connectivity index (χ2v) is 8.66. The Hall–Kier alpha value is -2.42. The Morgan fingerprint density at radius 2 is 2.03 bits per heavy atom. The van der Waals surface area contributed by atoms with Crippen molar-refractivity contribution in [1.29, 1.82) is 0 Å². The summed E-state index contributed by atoms with van der Waals surface area (Å²) in [5.74, 6) is 0.942. The molecular weight excluding hydrogens is 404 g/mol. The van der Waals surface area contributed by atoms with Crippen molar-refractivity contribution in [3.63, 3.8) is 0 Å². The van der Waals surface area contributed by atoms with E-state index in [1.807, 2.05) is 24.1 Å². The third-order valence-electron chi connectivity index (χ3n) is 5.93. The van der Waals surface area contributed by atoms with Crippen molar-refractivity contribution in [2.24, 2.45) is 12.0 Å². The molecule has 0 spiro atoms. The Kier molecular flexibility index (Phi) is 7.78. The number of benzene rings is 1. The molecule has 2 aliphatic heterocycles. The molecule has 0 aliphatic carbocycles. The number of aromatic nitrogens is 2. The van der Waals surface area contributed by atoms with Gasteiger partial charge in [0.25, 0.3) is 0 Å². The van der Waals surface area contributed by atoms with Crippen molar-refractivity contribution in [2.75, 3.05) is 45.9 Å². The molecule has 1 aromatic heterocycles. The third-order valence-corrected chi connectivity index (χ3v) is 5.93. The predicted molar refractivity (Wildman–Crippen MR) is 125 cm³/mol. The van der Waals surface area contributed by atoms with E-state index >= 15 is 0 Å². The quantitative estimate of drug-likeness (QED) is 0.549. The van der Waals surface area contributed by atoms with Crippen LogP contribution in [0, 0.1) is 0 Å². The lowest BCUT2D eigenvalue weighted by Gasteiger charge is -2.34. The lowest BCUT2D eigenvalue weighted by atomic mass is 10.1. The zero-order chi connectivity index (χ0) is 22.3. The van der Waals surface area contributed by atoms with Crippen LogP contribution in [0.2, 0.25) is 0 Å². The third kappa shape index (κ3) is 6.09. The molecule has 1 aromatic carbocycles. The zero-order valence-corrected chi connectivity index (χ0v) is 19.5. The molecule has 8 heteroatoms. The van der Waals surface area contributed by atoms with Crippen LogP contribution in [0.15, 0.2) is 41.7 Å². The lowest BCUT2D eigenvalue weighted by Crippen LogP contribution is -2.48. The number of hydrogen-bond donors (Lipinski definition) is 1. The van der Waals surface area contributed by atoms with Gasteiger partial charge in [-0.1, -0.05) is 24.3 Å². The number of morpholine rings is 2. The summed E-state index contributed by atoms with van der Waals surface area (Å²) in [6.07, 6.45) is 4.24. The SMILES string of the molecule is CCNC(=NCc1cccc(CN2CCOC(C)C2)c1)N1CCOC(c2cnn(C)c2)C1. The molecule has 0 amide bonds. The van der Waals surface area contributed by atoms with Crippen LogP contribution in [0.4, 0.5) is 0 Å². The molecule has 32 heavy (non-hydrogen) atoms. The van der Waals surface area contributed by atoms with E-state index in [1.165, 1.54) is 11.1 Å². The van der Waals surface area contributed by atoms with Crippen molar-refractivity contribution < 1.29 is 9.47 Å². The maximum absolute atomic E-state index is 6.00. The number of ether oxygens (including phenoxy) is 2. The lowest BCUT2D eigenvalue weighted by molar-refractivity contribution is -0.0212. The fraction of sp³-hybridized carbons (Fsp3) is 0.583. The van der Waals surface area contributed by atoms with E-state index in [-0.39, 0.29) is 6.10 Å². The highest BCUT2D eigenvalue weighted by Crippen LogP contribution is 2.22. The fourth-order valence-corrected chi connectivity index (χ4v) is 4.36. The van der Waals surface area contributed by atoms with Gasteiger partial charge in [0.05, 0.1) is 38.6 Å². The monoisotopic (exact) mass is 440 g/mol. The van der Waals surface area contributed by atoms with Gasteiger partial charge in [0.15, 0.2) is 5.96 Å². The van der Waals surface area contributed by atoms with Crippen LogP contribution in [-0.2, 0) is 29.6 Å². The van der Waals surface area contributed by atoms with Crippen LogP contribution in [0.3, 0.4) is 0 Å². The summed E-state index contributed by atoms with van der Waals surface area (Å²) in [6.45, 7) is 11.8. The maximum Gasteiger partial charge on any atom is 0.194 e. The number of rotatable bonds is 6. The molecule has 2 atom stereocenters. The van der Waals surface area contributed by atoms with Crippen LogP contribution < -0.4 is 5.32 Å². The first-order valence-electron chi connectivity index (χ1n) is 11.7. The van der Waals surface area contributed by atoms with Crippen molar-refractivity contribution in [3.05, 3.63) is 53.3 Å². The standard InChI is InChI=1S/C24H36N6O2/c1-4-25-24(30-9-11-32-23(18-30)22-14-27-28(3)17-22)26-13-20-6-5-7-21(12-20)16-29-8-10-31-19(2)15-29/h5-7,12,14,17,19,23H,4,8-11,13,15-16,18H2,1-3H3,(H,25,26). The van der Waals surface area contributed by atoms with Gasteiger partial charge in [-0.05, 0) is 25.0 Å². The summed E-state index contributed by atoms with van der Waals surface area (Å²) in [4.78, 5) is 9.72. The summed E-state index contributed by atoms with van der Waals surface area (Å²) >= 11 is 0. The first-order valence-corrected chi connectivity index (χ1v) is 11.7. The van der Waals surface area contributed by atoms with Gasteiger partial charge in [0.2, 0.25) is 0 Å². The maximum atomic E-state index is 6.00. The molecular formula is C24H36N6O2. The van der Waals surface area contributed by atoms with E-state index in [0.29, 0.717) is 19.3 Å². The second kappa shape index (κ2) is 10.9. The number of aryl methyl sites for hydroxylation is 1. The van der Waals surface area contributed by atoms with E-state index in [0.717, 1.165) is 57.4 Å². The molecule has 2 aliphatic rings. The van der Waals surface area contributed by atoms with Gasteiger partial charge in [-0.25, -0.2) is 4.99 Å². The van der Waals surface area contributed by atoms with E-state index in [9.17, 15) is 0 Å². The molecule has 2 fully saturated rings. The van der Waals surface area contributed by atoms with E-state index < -0.39 is 0 Å². The Balaban J connectivity index is 1.40. The molecule has 0 radical (unpaired) electrons. The van der Waals surface area contributed by atoms with E-state index in [4.69, 9.17) is 14.5 Å². The van der Waals surface area contributed by atoms with E-state index in [1.54, 1.807) is 0 Å². The van der Waals surface area contributed by atoms with Crippen LogP contribution in [0.5, 0.6) is 0 Å². The highest BCUT2D eigenvalue weighted by molar-refractivity contribution is 5.80. The predicted octanol–water partition coefficient (Wildman–Crippen LogP) is 2.18. The summed E-state index contributed by atoms with van der Waals surface area (Å²) < 4.78 is 13.5. The smallest absolute Gasteiger partial charge is 0.194 e. The molecule has 2 aromatic rings. The Bertz CT molecular complexity index is 898. The van der Waals surface area contributed by atoms with Crippen molar-refractivity contribution >= 4 is 5.96 Å². The number of nitrogens with zero attached hydrogens (tertiary/aromatic N) is 5. The first kappa shape index (κ1) is 22.8. The highest BCUT2D eigenvalue weighted by atomic mass is 16.5. The molecule has 2 saturated heterocycles. The van der Waals surface area contributed by atoms with Crippen LogP contribution >= 0.6 is 0 Å². The Labute approximate surface area is 191 Å². The van der Waals surface area contributed by atoms with E-state index in [2.05, 4.69) is 58.3 Å². The van der Waals surface area contributed by atoms with Crippen molar-refractivity contribution in [2.45, 2.75) is 39.1 Å². The van der Waals surface area contributed by atoms with Crippen LogP contribution in [-0.4, -0.2) is 77.6 Å². The fourth-order valence-electron chi connectivity index (χ4n) is 4.36. The minimum absolute atomic E-state index is 0.0144. The highest BCUT2D eigenvalue weighted by Gasteiger charge is 2.25. The number of guanidine groups is 1. The van der Waals surface area contributed by atoms with Crippen molar-refractivity contribution in [1.82, 2.24) is 24.9 Å². The average Bonchev–Trinajstić information content (AvgIpc) is 3.23. The Morgan fingerprint density at radius 3 is 2.81 bits per heavy atom. The molecule has 1 N–H and O–H groups in total. The Morgan fingerprint density at radius 1 is 1.19 bits per heavy atom. The molecule has 4 rings (SSSR count). The van der Waals surface area contributed by atoms with Crippen LogP contribution in [0.1, 0.15) is 36.6 Å². The minimum Gasteiger partial charge on any atom is -0.376 e. The van der Waals surface area contributed by atoms with Gasteiger partial charge in [0.1, 0.15) is 6.10 Å². The largest absolute Gasteiger partial charge is 0.376 e. The number of nitrogens with one attached hydrogen (secondary N) is 1. The average molecular weight is 441 g/mol. The topological polar surface area (TPSA) is 67.2 Å². The normalized spacial score (nSPS) is 22.8. The summed E-state index contributed by atoms with van der Waals surface area (Å²) in [6, 6.07) is 8.80. The van der Waals surface area contributed by atoms with Gasteiger partial charge in [-0.2, -0.15) is 5.10 Å². The number of aliphatic imine (C=N–C) groups is 1. The van der Waals surface area contributed by atoms with Crippen molar-refractivity contribution in [3.8, 4) is 0 Å². The van der Waals surface area contributed by atoms with Gasteiger partial charge >= 0.3 is 0 Å². The van der Waals surface area contributed by atoms with Crippen LogP contribution in [0.25, 0.3) is 0 Å². The summed E-state index contributed by atoms with van der Waals surface area (Å²) in [5.41, 5.74) is 3.68. The molecule has 0 bridgehead atoms. The summed E-state index contributed by atoms with van der Waals surface area (Å²) in [7, 11) is 1.93. The summed E-state index contributed by atoms with van der Waals surface area (Å²) in [5, 5.41) is 7.75. The molecule has 8 nitrogen and oxygen atoms in total. The molecule has 2 unspecified atom stereocenters. The molecule has 3 heterocycles. The minimum atomic E-state index is 0.0144. The molecule has 0 saturated carbocycles. The first-order chi connectivity index (χ1) is 15.6. The van der Waals surface area contributed by atoms with Gasteiger partial charge < -0.3 is 19.7 Å². The number of hydrogen-bond acceptors (Lipinski definition) is 5. The van der Waals surface area contributed by atoms with Gasteiger partial charge in [0, 0.05) is 51.5 Å². The molecule has 174 valence electrons.